The van der Waals surface area contributed by atoms with E-state index in [1.54, 1.807) is 0 Å². The lowest BCUT2D eigenvalue weighted by molar-refractivity contribution is 0.0428. The van der Waals surface area contributed by atoms with Crippen LogP contribution in [0.4, 0.5) is 0 Å². The zero-order valence-electron chi connectivity index (χ0n) is 14.4. The van der Waals surface area contributed by atoms with Gasteiger partial charge in [0.1, 0.15) is 0 Å². The average molecular weight is 284 g/mol. The van der Waals surface area contributed by atoms with Gasteiger partial charge in [0.15, 0.2) is 0 Å². The quantitative estimate of drug-likeness (QED) is 0.692. The monoisotopic (exact) mass is 284 g/mol. The molecule has 1 aliphatic rings. The molecule has 3 nitrogen and oxygen atoms in total. The smallest absolute Gasteiger partial charge is 0.0593 e. The number of nitrogens with zero attached hydrogens (tertiary/aromatic N) is 1. The maximum absolute atomic E-state index is 5.76. The minimum absolute atomic E-state index is 0.332. The second-order valence-corrected chi connectivity index (χ2v) is 7.23. The zero-order valence-corrected chi connectivity index (χ0v) is 14.4. The predicted octanol–water partition coefficient (Wildman–Crippen LogP) is 3.29. The molecule has 0 spiro atoms. The van der Waals surface area contributed by atoms with Crippen molar-refractivity contribution in [2.24, 2.45) is 5.41 Å². The molecule has 0 aliphatic carbocycles. The second kappa shape index (κ2) is 9.01. The Morgan fingerprint density at radius 2 is 1.90 bits per heavy atom. The number of ether oxygens (including phenoxy) is 1. The average Bonchev–Trinajstić information content (AvgIpc) is 2.39. The molecule has 0 saturated carbocycles. The molecule has 0 aromatic heterocycles. The van der Waals surface area contributed by atoms with Crippen LogP contribution in [0.2, 0.25) is 0 Å². The van der Waals surface area contributed by atoms with E-state index < -0.39 is 0 Å². The van der Waals surface area contributed by atoms with Gasteiger partial charge in [0.25, 0.3) is 0 Å². The number of hydrogen-bond acceptors (Lipinski definition) is 3. The zero-order chi connectivity index (χ0) is 15.0. The maximum atomic E-state index is 5.76. The third kappa shape index (κ3) is 6.11. The molecule has 3 heteroatoms. The van der Waals surface area contributed by atoms with E-state index in [2.05, 4.69) is 44.8 Å². The van der Waals surface area contributed by atoms with Crippen LogP contribution in [-0.4, -0.2) is 49.8 Å². The maximum Gasteiger partial charge on any atom is 0.0593 e. The molecule has 2 atom stereocenters. The van der Waals surface area contributed by atoms with Crippen LogP contribution in [0.1, 0.15) is 60.3 Å². The molecule has 1 rings (SSSR count). The summed E-state index contributed by atoms with van der Waals surface area (Å²) < 4.78 is 5.76. The van der Waals surface area contributed by atoms with Gasteiger partial charge < -0.3 is 10.1 Å². The van der Waals surface area contributed by atoms with E-state index in [0.717, 1.165) is 32.8 Å². The molecule has 1 fully saturated rings. The lowest BCUT2D eigenvalue weighted by atomic mass is 9.84. The highest BCUT2D eigenvalue weighted by atomic mass is 16.5. The molecule has 0 aromatic carbocycles. The van der Waals surface area contributed by atoms with Crippen LogP contribution in [0, 0.1) is 5.41 Å². The Hall–Kier alpha value is -0.120. The van der Waals surface area contributed by atoms with Gasteiger partial charge in [-0.05, 0) is 18.3 Å². The number of piperazine rings is 1. The summed E-state index contributed by atoms with van der Waals surface area (Å²) in [4.78, 5) is 2.65. The van der Waals surface area contributed by atoms with Gasteiger partial charge in [0.2, 0.25) is 0 Å². The van der Waals surface area contributed by atoms with E-state index >= 15 is 0 Å². The Balaban J connectivity index is 2.42. The first-order chi connectivity index (χ1) is 9.49. The molecule has 1 aliphatic heterocycles. The van der Waals surface area contributed by atoms with Gasteiger partial charge in [0.05, 0.1) is 6.61 Å². The number of hydrogen-bond donors (Lipinski definition) is 1. The summed E-state index contributed by atoms with van der Waals surface area (Å²) in [6, 6.07) is 1.28. The second-order valence-electron chi connectivity index (χ2n) is 7.23. The van der Waals surface area contributed by atoms with Crippen LogP contribution in [0.3, 0.4) is 0 Å². The fourth-order valence-electron chi connectivity index (χ4n) is 2.86. The lowest BCUT2D eigenvalue weighted by Gasteiger charge is -2.45. The summed E-state index contributed by atoms with van der Waals surface area (Å²) in [5, 5.41) is 3.75. The van der Waals surface area contributed by atoms with Gasteiger partial charge in [-0.1, -0.05) is 47.5 Å². The Labute approximate surface area is 126 Å². The predicted molar refractivity (Wildman–Crippen MR) is 87.2 cm³/mol. The molecule has 1 heterocycles. The Bertz CT molecular complexity index is 250. The van der Waals surface area contributed by atoms with Crippen molar-refractivity contribution in [1.29, 1.82) is 0 Å². The summed E-state index contributed by atoms with van der Waals surface area (Å²) >= 11 is 0. The Morgan fingerprint density at radius 1 is 1.15 bits per heavy atom. The molecule has 0 bridgehead atoms. The number of nitrogens with one attached hydrogen (secondary N) is 1. The highest BCUT2D eigenvalue weighted by Crippen LogP contribution is 2.24. The summed E-state index contributed by atoms with van der Waals surface area (Å²) in [7, 11) is 0. The van der Waals surface area contributed by atoms with Crippen molar-refractivity contribution < 1.29 is 4.74 Å². The molecule has 2 unspecified atom stereocenters. The fraction of sp³-hybridized carbons (Fsp3) is 1.00. The molecule has 20 heavy (non-hydrogen) atoms. The first-order valence-electron chi connectivity index (χ1n) is 8.54. The van der Waals surface area contributed by atoms with Crippen LogP contribution >= 0.6 is 0 Å². The van der Waals surface area contributed by atoms with Crippen LogP contribution in [0.5, 0.6) is 0 Å². The Morgan fingerprint density at radius 3 is 2.50 bits per heavy atom. The SMILES string of the molecule is CCCCOCCN1CC(C(C)(C)C)NCC1CCC. The van der Waals surface area contributed by atoms with Crippen LogP contribution < -0.4 is 5.32 Å². The molecule has 0 amide bonds. The van der Waals surface area contributed by atoms with Gasteiger partial charge in [-0.3, -0.25) is 4.90 Å². The van der Waals surface area contributed by atoms with Crippen molar-refractivity contribution in [3.8, 4) is 0 Å². The standard InChI is InChI=1S/C17H36N2O/c1-6-8-11-20-12-10-19-14-16(17(3,4)5)18-13-15(19)9-7-2/h15-16,18H,6-14H2,1-5H3. The third-order valence-electron chi connectivity index (χ3n) is 4.37. The van der Waals surface area contributed by atoms with Crippen molar-refractivity contribution in [3.05, 3.63) is 0 Å². The van der Waals surface area contributed by atoms with E-state index in [1.165, 1.54) is 25.7 Å². The molecule has 1 saturated heterocycles. The normalized spacial score (nSPS) is 25.1. The van der Waals surface area contributed by atoms with Gasteiger partial charge in [0, 0.05) is 38.3 Å². The lowest BCUT2D eigenvalue weighted by Crippen LogP contribution is -2.60. The summed E-state index contributed by atoms with van der Waals surface area (Å²) in [6.45, 7) is 16.7. The molecular weight excluding hydrogens is 248 g/mol. The van der Waals surface area contributed by atoms with Gasteiger partial charge in [-0.2, -0.15) is 0 Å². The summed E-state index contributed by atoms with van der Waals surface area (Å²) in [5.41, 5.74) is 0.332. The van der Waals surface area contributed by atoms with Crippen molar-refractivity contribution in [2.75, 3.05) is 32.8 Å². The first-order valence-corrected chi connectivity index (χ1v) is 8.54. The molecule has 120 valence electrons. The van der Waals surface area contributed by atoms with Crippen molar-refractivity contribution in [2.45, 2.75) is 72.4 Å². The summed E-state index contributed by atoms with van der Waals surface area (Å²) in [6.07, 6.45) is 4.96. The minimum atomic E-state index is 0.332. The minimum Gasteiger partial charge on any atom is -0.380 e. The van der Waals surface area contributed by atoms with E-state index in [-0.39, 0.29) is 0 Å². The van der Waals surface area contributed by atoms with Crippen molar-refractivity contribution in [3.63, 3.8) is 0 Å². The van der Waals surface area contributed by atoms with Crippen LogP contribution in [-0.2, 0) is 4.74 Å². The van der Waals surface area contributed by atoms with Crippen LogP contribution in [0.15, 0.2) is 0 Å². The number of unbranched alkanes of at least 4 members (excludes halogenated alkanes) is 1. The van der Waals surface area contributed by atoms with Crippen molar-refractivity contribution >= 4 is 0 Å². The fourth-order valence-corrected chi connectivity index (χ4v) is 2.86. The number of rotatable bonds is 8. The molecule has 0 aromatic rings. The topological polar surface area (TPSA) is 24.5 Å². The van der Waals surface area contributed by atoms with Crippen molar-refractivity contribution in [1.82, 2.24) is 10.2 Å². The summed E-state index contributed by atoms with van der Waals surface area (Å²) in [5.74, 6) is 0. The van der Waals surface area contributed by atoms with Gasteiger partial charge in [-0.15, -0.1) is 0 Å². The molecule has 0 radical (unpaired) electrons. The Kier molecular flexibility index (Phi) is 8.08. The highest BCUT2D eigenvalue weighted by Gasteiger charge is 2.33. The van der Waals surface area contributed by atoms with Crippen LogP contribution in [0.25, 0.3) is 0 Å². The van der Waals surface area contributed by atoms with Gasteiger partial charge in [-0.25, -0.2) is 0 Å². The van der Waals surface area contributed by atoms with E-state index in [0.29, 0.717) is 17.5 Å². The first kappa shape index (κ1) is 17.9. The molecular formula is C17H36N2O. The molecule has 1 N–H and O–H groups in total. The van der Waals surface area contributed by atoms with E-state index in [4.69, 9.17) is 4.74 Å². The van der Waals surface area contributed by atoms with E-state index in [1.807, 2.05) is 0 Å². The largest absolute Gasteiger partial charge is 0.380 e. The third-order valence-corrected chi connectivity index (χ3v) is 4.37. The van der Waals surface area contributed by atoms with Gasteiger partial charge >= 0.3 is 0 Å². The highest BCUT2D eigenvalue weighted by molar-refractivity contribution is 4.91. The van der Waals surface area contributed by atoms with E-state index in [9.17, 15) is 0 Å².